The van der Waals surface area contributed by atoms with Crippen LogP contribution in [-0.4, -0.2) is 27.9 Å². The zero-order valence-corrected chi connectivity index (χ0v) is 11.4. The van der Waals surface area contributed by atoms with Crippen molar-refractivity contribution in [3.05, 3.63) is 36.3 Å². The van der Waals surface area contributed by atoms with Crippen molar-refractivity contribution in [3.8, 4) is 0 Å². The molecule has 2 N–H and O–H groups in total. The number of imidazole rings is 1. The van der Waals surface area contributed by atoms with Crippen LogP contribution in [0.15, 0.2) is 30.6 Å². The van der Waals surface area contributed by atoms with E-state index >= 15 is 0 Å². The summed E-state index contributed by atoms with van der Waals surface area (Å²) in [6, 6.07) is 5.67. The van der Waals surface area contributed by atoms with Crippen LogP contribution >= 0.6 is 0 Å². The maximum atomic E-state index is 11.7. The first kappa shape index (κ1) is 13.5. The van der Waals surface area contributed by atoms with Crippen LogP contribution in [0.4, 0.5) is 0 Å². The van der Waals surface area contributed by atoms with Crippen LogP contribution in [0.3, 0.4) is 0 Å². The molecular weight excluding hydrogens is 240 g/mol. The molecule has 19 heavy (non-hydrogen) atoms. The SMILES string of the molecule is CCCNC(=O)C(C)NCc1cn2ccccc2n1. The normalized spacial score (nSPS) is 12.5. The highest BCUT2D eigenvalue weighted by atomic mass is 16.2. The van der Waals surface area contributed by atoms with E-state index in [1.54, 1.807) is 0 Å². The summed E-state index contributed by atoms with van der Waals surface area (Å²) >= 11 is 0. The van der Waals surface area contributed by atoms with Crippen LogP contribution in [0.5, 0.6) is 0 Å². The molecule has 0 saturated heterocycles. The number of carbonyl (C=O) groups excluding carboxylic acids is 1. The van der Waals surface area contributed by atoms with Crippen molar-refractivity contribution in [1.29, 1.82) is 0 Å². The Bertz CT molecular complexity index is 516. The highest BCUT2D eigenvalue weighted by Gasteiger charge is 2.11. The standard InChI is InChI=1S/C14H20N4O/c1-3-7-15-14(19)11(2)16-9-12-10-18-8-5-4-6-13(18)17-12/h4-6,8,10-11,16H,3,7,9H2,1-2H3,(H,15,19). The van der Waals surface area contributed by atoms with E-state index in [9.17, 15) is 4.79 Å². The Morgan fingerprint density at radius 1 is 1.47 bits per heavy atom. The molecular formula is C14H20N4O. The van der Waals surface area contributed by atoms with Gasteiger partial charge >= 0.3 is 0 Å². The number of amides is 1. The quantitative estimate of drug-likeness (QED) is 0.824. The van der Waals surface area contributed by atoms with E-state index in [1.807, 2.05) is 48.8 Å². The first-order chi connectivity index (χ1) is 9.20. The van der Waals surface area contributed by atoms with Crippen molar-refractivity contribution in [2.24, 2.45) is 0 Å². The molecule has 0 aliphatic carbocycles. The lowest BCUT2D eigenvalue weighted by Gasteiger charge is -2.12. The molecule has 0 aliphatic rings. The fourth-order valence-electron chi connectivity index (χ4n) is 1.82. The van der Waals surface area contributed by atoms with E-state index < -0.39 is 0 Å². The third-order valence-electron chi connectivity index (χ3n) is 2.95. The van der Waals surface area contributed by atoms with Crippen molar-refractivity contribution < 1.29 is 4.79 Å². The summed E-state index contributed by atoms with van der Waals surface area (Å²) in [5.41, 5.74) is 1.85. The molecule has 2 rings (SSSR count). The predicted molar refractivity (Wildman–Crippen MR) is 74.8 cm³/mol. The Morgan fingerprint density at radius 3 is 3.05 bits per heavy atom. The Morgan fingerprint density at radius 2 is 2.32 bits per heavy atom. The third kappa shape index (κ3) is 3.54. The van der Waals surface area contributed by atoms with Gasteiger partial charge in [0.15, 0.2) is 0 Å². The number of carbonyl (C=O) groups is 1. The molecule has 102 valence electrons. The molecule has 0 spiro atoms. The maximum Gasteiger partial charge on any atom is 0.236 e. The number of nitrogens with zero attached hydrogens (tertiary/aromatic N) is 2. The molecule has 1 atom stereocenters. The number of rotatable bonds is 6. The number of fused-ring (bicyclic) bond motifs is 1. The summed E-state index contributed by atoms with van der Waals surface area (Å²) in [5.74, 6) is 0.0330. The first-order valence-electron chi connectivity index (χ1n) is 6.64. The summed E-state index contributed by atoms with van der Waals surface area (Å²) in [6.45, 7) is 5.21. The van der Waals surface area contributed by atoms with Gasteiger partial charge in [0.05, 0.1) is 11.7 Å². The zero-order valence-electron chi connectivity index (χ0n) is 11.4. The number of hydrogen-bond acceptors (Lipinski definition) is 3. The second-order valence-corrected chi connectivity index (χ2v) is 4.59. The smallest absolute Gasteiger partial charge is 0.236 e. The minimum Gasteiger partial charge on any atom is -0.355 e. The molecule has 0 saturated carbocycles. The second kappa shape index (κ2) is 6.33. The van der Waals surface area contributed by atoms with Gasteiger partial charge in [-0.05, 0) is 25.5 Å². The molecule has 2 heterocycles. The van der Waals surface area contributed by atoms with Gasteiger partial charge in [0.1, 0.15) is 5.65 Å². The van der Waals surface area contributed by atoms with Gasteiger partial charge in [0.2, 0.25) is 5.91 Å². The van der Waals surface area contributed by atoms with Crippen LogP contribution in [0.1, 0.15) is 26.0 Å². The van der Waals surface area contributed by atoms with Crippen LogP contribution in [0.25, 0.3) is 5.65 Å². The molecule has 0 aromatic carbocycles. The lowest BCUT2D eigenvalue weighted by Crippen LogP contribution is -2.42. The largest absolute Gasteiger partial charge is 0.355 e. The highest BCUT2D eigenvalue weighted by molar-refractivity contribution is 5.81. The Labute approximate surface area is 113 Å². The van der Waals surface area contributed by atoms with Gasteiger partial charge in [0.25, 0.3) is 0 Å². The number of hydrogen-bond donors (Lipinski definition) is 2. The minimum atomic E-state index is -0.212. The van der Waals surface area contributed by atoms with Crippen LogP contribution in [0.2, 0.25) is 0 Å². The van der Waals surface area contributed by atoms with Crippen LogP contribution in [0, 0.1) is 0 Å². The van der Waals surface area contributed by atoms with Crippen molar-refractivity contribution >= 4 is 11.6 Å². The van der Waals surface area contributed by atoms with Crippen molar-refractivity contribution in [3.63, 3.8) is 0 Å². The summed E-state index contributed by atoms with van der Waals surface area (Å²) in [4.78, 5) is 16.2. The second-order valence-electron chi connectivity index (χ2n) is 4.59. The topological polar surface area (TPSA) is 58.4 Å². The molecule has 1 unspecified atom stereocenters. The first-order valence-corrected chi connectivity index (χ1v) is 6.64. The van der Waals surface area contributed by atoms with Gasteiger partial charge in [-0.2, -0.15) is 0 Å². The summed E-state index contributed by atoms with van der Waals surface area (Å²) < 4.78 is 1.97. The van der Waals surface area contributed by atoms with Gasteiger partial charge in [-0.3, -0.25) is 4.79 Å². The molecule has 2 aromatic rings. The summed E-state index contributed by atoms with van der Waals surface area (Å²) in [6.07, 6.45) is 4.88. The molecule has 5 nitrogen and oxygen atoms in total. The van der Waals surface area contributed by atoms with Gasteiger partial charge in [0, 0.05) is 25.5 Å². The summed E-state index contributed by atoms with van der Waals surface area (Å²) in [5, 5.41) is 6.05. The molecule has 2 aromatic heterocycles. The number of nitrogens with one attached hydrogen (secondary N) is 2. The number of aromatic nitrogens is 2. The van der Waals surface area contributed by atoms with E-state index in [1.165, 1.54) is 0 Å². The lowest BCUT2D eigenvalue weighted by atomic mass is 10.3. The predicted octanol–water partition coefficient (Wildman–Crippen LogP) is 1.34. The van der Waals surface area contributed by atoms with Crippen molar-refractivity contribution in [1.82, 2.24) is 20.0 Å². The Balaban J connectivity index is 1.89. The highest BCUT2D eigenvalue weighted by Crippen LogP contribution is 2.04. The Hall–Kier alpha value is -1.88. The molecule has 0 aliphatic heterocycles. The van der Waals surface area contributed by atoms with E-state index in [0.717, 1.165) is 24.3 Å². The molecule has 0 radical (unpaired) electrons. The van der Waals surface area contributed by atoms with Gasteiger partial charge in [-0.1, -0.05) is 13.0 Å². The van der Waals surface area contributed by atoms with E-state index in [0.29, 0.717) is 6.54 Å². The minimum absolute atomic E-state index is 0.0330. The summed E-state index contributed by atoms with van der Waals surface area (Å²) in [7, 11) is 0. The van der Waals surface area contributed by atoms with E-state index in [-0.39, 0.29) is 11.9 Å². The van der Waals surface area contributed by atoms with Crippen LogP contribution in [-0.2, 0) is 11.3 Å². The van der Waals surface area contributed by atoms with Gasteiger partial charge in [-0.15, -0.1) is 0 Å². The van der Waals surface area contributed by atoms with Crippen molar-refractivity contribution in [2.75, 3.05) is 6.54 Å². The number of pyridine rings is 1. The maximum absolute atomic E-state index is 11.7. The Kier molecular flexibility index (Phi) is 4.52. The fraction of sp³-hybridized carbons (Fsp3) is 0.429. The monoisotopic (exact) mass is 260 g/mol. The lowest BCUT2D eigenvalue weighted by molar-refractivity contribution is -0.122. The van der Waals surface area contributed by atoms with Crippen LogP contribution < -0.4 is 10.6 Å². The van der Waals surface area contributed by atoms with Gasteiger partial charge < -0.3 is 15.0 Å². The average molecular weight is 260 g/mol. The molecule has 0 bridgehead atoms. The fourth-order valence-corrected chi connectivity index (χ4v) is 1.82. The van der Waals surface area contributed by atoms with Crippen molar-refractivity contribution in [2.45, 2.75) is 32.9 Å². The van der Waals surface area contributed by atoms with E-state index in [2.05, 4.69) is 15.6 Å². The molecule has 0 fully saturated rings. The van der Waals surface area contributed by atoms with Gasteiger partial charge in [-0.25, -0.2) is 4.98 Å². The molecule has 1 amide bonds. The zero-order chi connectivity index (χ0) is 13.7. The molecule has 5 heteroatoms. The third-order valence-corrected chi connectivity index (χ3v) is 2.95. The van der Waals surface area contributed by atoms with E-state index in [4.69, 9.17) is 0 Å². The average Bonchev–Trinajstić information content (AvgIpc) is 2.84.